The molecule has 0 radical (unpaired) electrons. The highest BCUT2D eigenvalue weighted by Crippen LogP contribution is 2.36. The molecule has 1 aliphatic carbocycles. The molecule has 1 aromatic carbocycles. The Morgan fingerprint density at radius 3 is 2.88 bits per heavy atom. The summed E-state index contributed by atoms with van der Waals surface area (Å²) in [5.74, 6) is 2.03. The van der Waals surface area contributed by atoms with E-state index in [-0.39, 0.29) is 0 Å². The molecular weight excluding hydrogens is 214 g/mol. The van der Waals surface area contributed by atoms with Gasteiger partial charge in [-0.3, -0.25) is 0 Å². The highest BCUT2D eigenvalue weighted by molar-refractivity contribution is 7.98. The number of aryl methyl sites for hydroxylation is 1. The summed E-state index contributed by atoms with van der Waals surface area (Å²) in [4.78, 5) is 0. The third kappa shape index (κ3) is 3.02. The number of thioether (sulfide) groups is 1. The first-order valence-corrected chi connectivity index (χ1v) is 7.48. The van der Waals surface area contributed by atoms with Crippen LogP contribution >= 0.6 is 11.8 Å². The Morgan fingerprint density at radius 2 is 2.19 bits per heavy atom. The van der Waals surface area contributed by atoms with Gasteiger partial charge in [0.25, 0.3) is 0 Å². The van der Waals surface area contributed by atoms with Gasteiger partial charge >= 0.3 is 0 Å². The van der Waals surface area contributed by atoms with Gasteiger partial charge in [0.2, 0.25) is 0 Å². The maximum atomic E-state index is 3.61. The zero-order chi connectivity index (χ0) is 11.4. The molecule has 0 heterocycles. The summed E-state index contributed by atoms with van der Waals surface area (Å²) >= 11 is 1.91. The van der Waals surface area contributed by atoms with Crippen molar-refractivity contribution >= 4 is 11.8 Å². The molecule has 0 saturated heterocycles. The van der Waals surface area contributed by atoms with Crippen molar-refractivity contribution in [3.8, 4) is 0 Å². The molecule has 0 aliphatic heterocycles. The smallest absolute Gasteiger partial charge is 0.00790 e. The van der Waals surface area contributed by atoms with Gasteiger partial charge in [-0.15, -0.1) is 0 Å². The third-order valence-electron chi connectivity index (χ3n) is 3.39. The Labute approximate surface area is 103 Å². The Balaban J connectivity index is 1.75. The van der Waals surface area contributed by atoms with E-state index < -0.39 is 0 Å². The summed E-state index contributed by atoms with van der Waals surface area (Å²) < 4.78 is 0. The van der Waals surface area contributed by atoms with Crippen molar-refractivity contribution in [1.82, 2.24) is 5.32 Å². The summed E-state index contributed by atoms with van der Waals surface area (Å²) in [6.45, 7) is 3.34. The summed E-state index contributed by atoms with van der Waals surface area (Å²) in [7, 11) is 0. The minimum atomic E-state index is 0.762. The molecule has 0 atom stereocenters. The molecule has 1 fully saturated rings. The van der Waals surface area contributed by atoms with Crippen LogP contribution in [0.25, 0.3) is 0 Å². The number of nitrogens with one attached hydrogen (secondary N) is 1. The molecular formula is C14H21NS. The summed E-state index contributed by atoms with van der Waals surface area (Å²) in [6.07, 6.45) is 4.80. The van der Waals surface area contributed by atoms with Crippen LogP contribution in [0.4, 0.5) is 0 Å². The number of hydrogen-bond donors (Lipinski definition) is 1. The molecule has 1 saturated carbocycles. The van der Waals surface area contributed by atoms with Crippen LogP contribution in [0.5, 0.6) is 0 Å². The van der Waals surface area contributed by atoms with Crippen molar-refractivity contribution in [1.29, 1.82) is 0 Å². The van der Waals surface area contributed by atoms with E-state index in [9.17, 15) is 0 Å². The molecule has 1 N–H and O–H groups in total. The predicted molar refractivity (Wildman–Crippen MR) is 73.3 cm³/mol. The molecule has 2 heteroatoms. The molecule has 1 aliphatic rings. The van der Waals surface area contributed by atoms with Crippen LogP contribution < -0.4 is 5.32 Å². The lowest BCUT2D eigenvalue weighted by atomic mass is 9.75. The highest BCUT2D eigenvalue weighted by atomic mass is 32.2. The van der Waals surface area contributed by atoms with Crippen LogP contribution in [0.2, 0.25) is 0 Å². The van der Waals surface area contributed by atoms with Crippen molar-refractivity contribution in [3.63, 3.8) is 0 Å². The van der Waals surface area contributed by atoms with Crippen LogP contribution in [-0.2, 0) is 0 Å². The zero-order valence-corrected chi connectivity index (χ0v) is 11.0. The summed E-state index contributed by atoms with van der Waals surface area (Å²) in [5, 5.41) is 3.61. The van der Waals surface area contributed by atoms with Gasteiger partial charge < -0.3 is 5.32 Å². The van der Waals surface area contributed by atoms with Crippen LogP contribution in [-0.4, -0.2) is 24.6 Å². The lowest BCUT2D eigenvalue weighted by Crippen LogP contribution is -2.41. The second-order valence-corrected chi connectivity index (χ2v) is 5.71. The lowest BCUT2D eigenvalue weighted by molar-refractivity contribution is 0.296. The fourth-order valence-corrected chi connectivity index (χ4v) is 2.67. The largest absolute Gasteiger partial charge is 0.313 e. The fourth-order valence-electron chi connectivity index (χ4n) is 2.35. The molecule has 16 heavy (non-hydrogen) atoms. The Bertz CT molecular complexity index is 331. The first-order chi connectivity index (χ1) is 7.79. The number of benzene rings is 1. The SMILES string of the molecule is CSCCNC1CC(c2cccc(C)c2)C1. The second-order valence-electron chi connectivity index (χ2n) is 4.73. The van der Waals surface area contributed by atoms with E-state index in [1.165, 1.54) is 29.7 Å². The average Bonchev–Trinajstić information content (AvgIpc) is 2.21. The van der Waals surface area contributed by atoms with E-state index in [1.54, 1.807) is 0 Å². The van der Waals surface area contributed by atoms with Crippen molar-refractivity contribution in [2.75, 3.05) is 18.6 Å². The fraction of sp³-hybridized carbons (Fsp3) is 0.571. The van der Waals surface area contributed by atoms with Gasteiger partial charge in [-0.25, -0.2) is 0 Å². The topological polar surface area (TPSA) is 12.0 Å². The lowest BCUT2D eigenvalue weighted by Gasteiger charge is -2.36. The average molecular weight is 235 g/mol. The normalized spacial score (nSPS) is 24.1. The van der Waals surface area contributed by atoms with Crippen LogP contribution in [0, 0.1) is 6.92 Å². The van der Waals surface area contributed by atoms with Crippen molar-refractivity contribution in [3.05, 3.63) is 35.4 Å². The van der Waals surface area contributed by atoms with E-state index in [0.717, 1.165) is 18.5 Å². The molecule has 1 nitrogen and oxygen atoms in total. The van der Waals surface area contributed by atoms with Gasteiger partial charge in [-0.2, -0.15) is 11.8 Å². The highest BCUT2D eigenvalue weighted by Gasteiger charge is 2.29. The van der Waals surface area contributed by atoms with Crippen LogP contribution in [0.1, 0.15) is 29.9 Å². The number of hydrogen-bond acceptors (Lipinski definition) is 2. The first kappa shape index (κ1) is 12.0. The summed E-state index contributed by atoms with van der Waals surface area (Å²) in [6, 6.07) is 9.73. The van der Waals surface area contributed by atoms with E-state index in [2.05, 4.69) is 42.8 Å². The van der Waals surface area contributed by atoms with E-state index in [1.807, 2.05) is 11.8 Å². The van der Waals surface area contributed by atoms with Gasteiger partial charge in [-0.05, 0) is 37.5 Å². The predicted octanol–water partition coefficient (Wildman–Crippen LogP) is 3.19. The Hall–Kier alpha value is -0.470. The monoisotopic (exact) mass is 235 g/mol. The molecule has 0 unspecified atom stereocenters. The van der Waals surface area contributed by atoms with Gasteiger partial charge in [0.15, 0.2) is 0 Å². The molecule has 0 spiro atoms. The van der Waals surface area contributed by atoms with Crippen molar-refractivity contribution in [2.45, 2.75) is 31.7 Å². The van der Waals surface area contributed by atoms with Gasteiger partial charge in [0, 0.05) is 18.3 Å². The van der Waals surface area contributed by atoms with Crippen LogP contribution in [0.3, 0.4) is 0 Å². The van der Waals surface area contributed by atoms with Gasteiger partial charge in [0.05, 0.1) is 0 Å². The molecule has 88 valence electrons. The minimum absolute atomic E-state index is 0.762. The van der Waals surface area contributed by atoms with Crippen LogP contribution in [0.15, 0.2) is 24.3 Å². The van der Waals surface area contributed by atoms with Crippen molar-refractivity contribution < 1.29 is 0 Å². The van der Waals surface area contributed by atoms with E-state index in [0.29, 0.717) is 0 Å². The third-order valence-corrected chi connectivity index (χ3v) is 4.00. The second kappa shape index (κ2) is 5.74. The molecule has 0 amide bonds. The zero-order valence-electron chi connectivity index (χ0n) is 10.2. The van der Waals surface area contributed by atoms with E-state index in [4.69, 9.17) is 0 Å². The molecule has 2 rings (SSSR count). The molecule has 0 bridgehead atoms. The van der Waals surface area contributed by atoms with Crippen molar-refractivity contribution in [2.24, 2.45) is 0 Å². The quantitative estimate of drug-likeness (QED) is 0.787. The van der Waals surface area contributed by atoms with E-state index >= 15 is 0 Å². The molecule has 0 aromatic heterocycles. The van der Waals surface area contributed by atoms with Gasteiger partial charge in [0.1, 0.15) is 0 Å². The number of rotatable bonds is 5. The first-order valence-electron chi connectivity index (χ1n) is 6.08. The maximum Gasteiger partial charge on any atom is 0.00790 e. The maximum absolute atomic E-state index is 3.61. The minimum Gasteiger partial charge on any atom is -0.313 e. The Morgan fingerprint density at radius 1 is 1.38 bits per heavy atom. The molecule has 1 aromatic rings. The standard InChI is InChI=1S/C14H21NS/c1-11-4-3-5-12(8-11)13-9-14(10-13)15-6-7-16-2/h3-5,8,13-15H,6-7,9-10H2,1-2H3. The van der Waals surface area contributed by atoms with Gasteiger partial charge in [-0.1, -0.05) is 29.8 Å². The summed E-state index contributed by atoms with van der Waals surface area (Å²) in [5.41, 5.74) is 2.92. The Kier molecular flexibility index (Phi) is 4.30.